The van der Waals surface area contributed by atoms with E-state index in [1.807, 2.05) is 6.07 Å². The van der Waals surface area contributed by atoms with Crippen LogP contribution >= 0.6 is 27.3 Å². The van der Waals surface area contributed by atoms with Gasteiger partial charge in [0.25, 0.3) is 0 Å². The van der Waals surface area contributed by atoms with Crippen LogP contribution in [0.3, 0.4) is 0 Å². The lowest BCUT2D eigenvalue weighted by Gasteiger charge is -2.33. The van der Waals surface area contributed by atoms with Crippen LogP contribution in [0.2, 0.25) is 0 Å². The van der Waals surface area contributed by atoms with Gasteiger partial charge in [0.1, 0.15) is 0 Å². The molecular weight excluding hydrogens is 360 g/mol. The number of thiophene rings is 1. The van der Waals surface area contributed by atoms with E-state index in [0.29, 0.717) is 18.7 Å². The van der Waals surface area contributed by atoms with Gasteiger partial charge in [-0.25, -0.2) is 8.42 Å². The smallest absolute Gasteiger partial charge is 0.151 e. The van der Waals surface area contributed by atoms with Gasteiger partial charge in [-0.3, -0.25) is 4.90 Å². The number of halogens is 1. The Kier molecular flexibility index (Phi) is 5.64. The maximum Gasteiger partial charge on any atom is 0.151 e. The highest BCUT2D eigenvalue weighted by Crippen LogP contribution is 2.33. The average Bonchev–Trinajstić information content (AvgIpc) is 2.73. The quantitative estimate of drug-likeness (QED) is 0.870. The normalized spacial score (nSPS) is 23.1. The fourth-order valence-electron chi connectivity index (χ4n) is 2.61. The molecule has 1 aromatic rings. The summed E-state index contributed by atoms with van der Waals surface area (Å²) in [6.45, 7) is 3.46. The molecule has 0 spiro atoms. The van der Waals surface area contributed by atoms with Crippen LogP contribution in [-0.2, 0) is 9.84 Å². The molecule has 1 saturated heterocycles. The van der Waals surface area contributed by atoms with Gasteiger partial charge in [0.15, 0.2) is 9.84 Å². The fourth-order valence-corrected chi connectivity index (χ4v) is 5.53. The second-order valence-corrected chi connectivity index (χ2v) is 10.00. The van der Waals surface area contributed by atoms with E-state index in [2.05, 4.69) is 33.8 Å². The van der Waals surface area contributed by atoms with Gasteiger partial charge in [0.05, 0.1) is 21.3 Å². The molecule has 2 heterocycles. The molecule has 0 amide bonds. The van der Waals surface area contributed by atoms with Crippen molar-refractivity contribution >= 4 is 37.1 Å². The summed E-state index contributed by atoms with van der Waals surface area (Å²) in [5, 5.41) is 0. The van der Waals surface area contributed by atoms with Crippen molar-refractivity contribution in [1.29, 1.82) is 0 Å². The molecule has 20 heavy (non-hydrogen) atoms. The zero-order valence-corrected chi connectivity index (χ0v) is 14.8. The van der Waals surface area contributed by atoms with Crippen molar-refractivity contribution in [2.24, 2.45) is 5.73 Å². The molecule has 4 nitrogen and oxygen atoms in total. The minimum absolute atomic E-state index is 0.0290. The highest BCUT2D eigenvalue weighted by molar-refractivity contribution is 9.11. The van der Waals surface area contributed by atoms with Crippen LogP contribution in [0.5, 0.6) is 0 Å². The van der Waals surface area contributed by atoms with E-state index >= 15 is 0 Å². The SMILES string of the molecule is CCC(N)C(c1ccc(Br)s1)N1CCCS(=O)(=O)CC1. The molecule has 0 aromatic carbocycles. The van der Waals surface area contributed by atoms with Gasteiger partial charge >= 0.3 is 0 Å². The Balaban J connectivity index is 2.23. The van der Waals surface area contributed by atoms with Crippen molar-refractivity contribution in [2.45, 2.75) is 31.8 Å². The highest BCUT2D eigenvalue weighted by atomic mass is 79.9. The van der Waals surface area contributed by atoms with Gasteiger partial charge in [0.2, 0.25) is 0 Å². The molecule has 2 atom stereocenters. The Morgan fingerprint density at radius 1 is 1.40 bits per heavy atom. The molecule has 1 aromatic heterocycles. The number of nitrogens with zero attached hydrogens (tertiary/aromatic N) is 1. The lowest BCUT2D eigenvalue weighted by molar-refractivity contribution is 0.185. The summed E-state index contributed by atoms with van der Waals surface area (Å²) < 4.78 is 24.6. The molecule has 1 fully saturated rings. The van der Waals surface area contributed by atoms with Crippen molar-refractivity contribution in [3.05, 3.63) is 20.8 Å². The predicted octanol–water partition coefficient (Wildman–Crippen LogP) is 2.41. The van der Waals surface area contributed by atoms with Crippen LogP contribution in [0, 0.1) is 0 Å². The molecule has 7 heteroatoms. The molecule has 1 aliphatic rings. The molecular formula is C13H21BrN2O2S2. The van der Waals surface area contributed by atoms with Crippen molar-refractivity contribution in [2.75, 3.05) is 24.6 Å². The van der Waals surface area contributed by atoms with Crippen LogP contribution in [0.15, 0.2) is 15.9 Å². The van der Waals surface area contributed by atoms with Crippen LogP contribution in [0.4, 0.5) is 0 Å². The summed E-state index contributed by atoms with van der Waals surface area (Å²) in [4.78, 5) is 3.46. The van der Waals surface area contributed by atoms with Gasteiger partial charge in [-0.05, 0) is 47.4 Å². The summed E-state index contributed by atoms with van der Waals surface area (Å²) in [7, 11) is -2.88. The molecule has 0 radical (unpaired) electrons. The first kappa shape index (κ1) is 16.4. The first-order chi connectivity index (χ1) is 9.43. The number of sulfone groups is 1. The number of rotatable bonds is 4. The second kappa shape index (κ2) is 6.87. The third kappa shape index (κ3) is 4.04. The van der Waals surface area contributed by atoms with E-state index in [9.17, 15) is 8.42 Å². The Labute approximate surface area is 133 Å². The first-order valence-electron chi connectivity index (χ1n) is 6.88. The van der Waals surface area contributed by atoms with Crippen LogP contribution in [0.25, 0.3) is 0 Å². The lowest BCUT2D eigenvalue weighted by Crippen LogP contribution is -2.41. The van der Waals surface area contributed by atoms with Crippen LogP contribution in [0.1, 0.15) is 30.7 Å². The first-order valence-corrected chi connectivity index (χ1v) is 10.3. The Morgan fingerprint density at radius 2 is 2.15 bits per heavy atom. The number of hydrogen-bond acceptors (Lipinski definition) is 5. The molecule has 1 aliphatic heterocycles. The fraction of sp³-hybridized carbons (Fsp3) is 0.692. The molecule has 114 valence electrons. The molecule has 2 rings (SSSR count). The Morgan fingerprint density at radius 3 is 2.75 bits per heavy atom. The molecule has 2 unspecified atom stereocenters. The third-order valence-electron chi connectivity index (χ3n) is 3.75. The Bertz CT molecular complexity index is 544. The van der Waals surface area contributed by atoms with Gasteiger partial charge < -0.3 is 5.73 Å². The standard InChI is InChI=1S/C13H21BrN2O2S2/c1-2-10(15)13(11-4-5-12(14)19-11)16-6-3-8-20(17,18)9-7-16/h4-5,10,13H,2-3,6-9,15H2,1H3. The van der Waals surface area contributed by atoms with Gasteiger partial charge in [-0.1, -0.05) is 6.92 Å². The summed E-state index contributed by atoms with van der Waals surface area (Å²) in [6, 6.07) is 4.27. The Hall–Kier alpha value is 0.0500. The minimum atomic E-state index is -2.88. The summed E-state index contributed by atoms with van der Waals surface area (Å²) in [5.41, 5.74) is 6.31. The molecule has 0 saturated carbocycles. The lowest BCUT2D eigenvalue weighted by atomic mass is 10.0. The van der Waals surface area contributed by atoms with E-state index in [1.165, 1.54) is 4.88 Å². The number of nitrogens with two attached hydrogens (primary N) is 1. The van der Waals surface area contributed by atoms with E-state index in [-0.39, 0.29) is 17.8 Å². The number of hydrogen-bond donors (Lipinski definition) is 1. The second-order valence-electron chi connectivity index (χ2n) is 5.20. The van der Waals surface area contributed by atoms with Crippen molar-refractivity contribution in [1.82, 2.24) is 4.90 Å². The molecule has 0 aliphatic carbocycles. The minimum Gasteiger partial charge on any atom is -0.326 e. The van der Waals surface area contributed by atoms with Crippen LogP contribution in [-0.4, -0.2) is 44.0 Å². The van der Waals surface area contributed by atoms with Gasteiger partial charge in [0, 0.05) is 17.5 Å². The van der Waals surface area contributed by atoms with E-state index < -0.39 is 9.84 Å². The summed E-state index contributed by atoms with van der Waals surface area (Å²) in [5.74, 6) is 0.540. The third-order valence-corrected chi connectivity index (χ3v) is 7.16. The molecule has 2 N–H and O–H groups in total. The maximum absolute atomic E-state index is 11.8. The van der Waals surface area contributed by atoms with Gasteiger partial charge in [-0.15, -0.1) is 11.3 Å². The van der Waals surface area contributed by atoms with Crippen molar-refractivity contribution in [3.8, 4) is 0 Å². The summed E-state index contributed by atoms with van der Waals surface area (Å²) in [6.07, 6.45) is 1.57. The van der Waals surface area contributed by atoms with E-state index in [1.54, 1.807) is 11.3 Å². The van der Waals surface area contributed by atoms with Gasteiger partial charge in [-0.2, -0.15) is 0 Å². The highest BCUT2D eigenvalue weighted by Gasteiger charge is 2.30. The van der Waals surface area contributed by atoms with Crippen molar-refractivity contribution < 1.29 is 8.42 Å². The summed E-state index contributed by atoms with van der Waals surface area (Å²) >= 11 is 5.18. The maximum atomic E-state index is 11.8. The zero-order chi connectivity index (χ0) is 14.8. The average molecular weight is 381 g/mol. The largest absolute Gasteiger partial charge is 0.326 e. The molecule has 0 bridgehead atoms. The van der Waals surface area contributed by atoms with E-state index in [4.69, 9.17) is 5.73 Å². The van der Waals surface area contributed by atoms with E-state index in [0.717, 1.165) is 16.8 Å². The van der Waals surface area contributed by atoms with Crippen molar-refractivity contribution in [3.63, 3.8) is 0 Å². The predicted molar refractivity (Wildman–Crippen MR) is 87.9 cm³/mol. The zero-order valence-electron chi connectivity index (χ0n) is 11.6. The van der Waals surface area contributed by atoms with Crippen LogP contribution < -0.4 is 5.73 Å². The topological polar surface area (TPSA) is 63.4 Å². The monoisotopic (exact) mass is 380 g/mol.